The van der Waals surface area contributed by atoms with Crippen LogP contribution in [0.15, 0.2) is 249 Å². The first-order chi connectivity index (χ1) is 39.2. The molecule has 0 fully saturated rings. The predicted molar refractivity (Wildman–Crippen MR) is 331 cm³/mol. The fourth-order valence-electron chi connectivity index (χ4n) is 13.6. The summed E-state index contributed by atoms with van der Waals surface area (Å²) >= 11 is 0. The van der Waals surface area contributed by atoms with E-state index in [2.05, 4.69) is 286 Å². The Morgan fingerprint density at radius 2 is 0.625 bits per heavy atom. The third-order valence-corrected chi connectivity index (χ3v) is 17.6. The molecule has 80 heavy (non-hydrogen) atoms. The smallest absolute Gasteiger partial charge is 0.240 e. The molecule has 3 heterocycles. The summed E-state index contributed by atoms with van der Waals surface area (Å²) in [6, 6.07) is 90.7. The van der Waals surface area contributed by atoms with Gasteiger partial charge in [0.05, 0.1) is 22.1 Å². The molecule has 3 aromatic heterocycles. The minimum Gasteiger partial charge on any atom is -0.278 e. The first-order valence-electron chi connectivity index (χ1n) is 27.8. The van der Waals surface area contributed by atoms with Crippen LogP contribution in [0.4, 0.5) is 0 Å². The number of nitrogens with zero attached hydrogens (tertiary/aromatic N) is 5. The van der Waals surface area contributed by atoms with Gasteiger partial charge < -0.3 is 0 Å². The van der Waals surface area contributed by atoms with Crippen molar-refractivity contribution in [2.24, 2.45) is 0 Å². The minimum atomic E-state index is -0.130. The molecule has 0 saturated carbocycles. The molecule has 14 aromatic rings. The molecule has 5 nitrogen and oxygen atoms in total. The molecule has 5 heteroatoms. The Bertz CT molecular complexity index is 4640. The molecule has 378 valence electrons. The van der Waals surface area contributed by atoms with Crippen molar-refractivity contribution < 1.29 is 0 Å². The quantitative estimate of drug-likeness (QED) is 0.160. The van der Waals surface area contributed by atoms with Crippen molar-refractivity contribution in [3.05, 3.63) is 271 Å². The van der Waals surface area contributed by atoms with Crippen LogP contribution in [0.1, 0.15) is 49.9 Å². The van der Waals surface area contributed by atoms with E-state index in [9.17, 15) is 0 Å². The number of aromatic nitrogens is 5. The molecule has 0 N–H and O–H groups in total. The van der Waals surface area contributed by atoms with Crippen LogP contribution in [0.3, 0.4) is 0 Å². The number of para-hydroxylation sites is 2. The lowest BCUT2D eigenvalue weighted by Gasteiger charge is -2.22. The number of benzene rings is 11. The van der Waals surface area contributed by atoms with Gasteiger partial charge >= 0.3 is 0 Å². The molecule has 2 aliphatic carbocycles. The SMILES string of the molecule is CC1(C)c2ccccc2-c2ccc(-c3ccc4c5ccccc5n(-c5nc(-c6ccc(-c7ccccc7)cc6-c6ccccc6)nc(-n6c7ccccc7c7ccc(-c8ccc9c(c8)C(C)(C)c8ccccc8-9)cc76)n5)c4c3)cc21. The van der Waals surface area contributed by atoms with E-state index < -0.39 is 0 Å². The van der Waals surface area contributed by atoms with Gasteiger partial charge in [0.15, 0.2) is 5.82 Å². The van der Waals surface area contributed by atoms with Crippen molar-refractivity contribution in [1.29, 1.82) is 0 Å². The summed E-state index contributed by atoms with van der Waals surface area (Å²) in [7, 11) is 0. The third-order valence-electron chi connectivity index (χ3n) is 17.6. The predicted octanol–water partition coefficient (Wildman–Crippen LogP) is 19.0. The highest BCUT2D eigenvalue weighted by atomic mass is 15.3. The summed E-state index contributed by atoms with van der Waals surface area (Å²) in [5.74, 6) is 1.65. The fourth-order valence-corrected chi connectivity index (χ4v) is 13.6. The molecule has 0 radical (unpaired) electrons. The average Bonchev–Trinajstić information content (AvgIpc) is 4.33. The summed E-state index contributed by atoms with van der Waals surface area (Å²) in [6.45, 7) is 9.40. The van der Waals surface area contributed by atoms with Gasteiger partial charge in [0.25, 0.3) is 0 Å². The van der Waals surface area contributed by atoms with Gasteiger partial charge in [-0.1, -0.05) is 228 Å². The highest BCUT2D eigenvalue weighted by molar-refractivity contribution is 6.11. The third kappa shape index (κ3) is 6.86. The average molecular weight is 1020 g/mol. The van der Waals surface area contributed by atoms with Gasteiger partial charge in [-0.3, -0.25) is 9.13 Å². The Balaban J connectivity index is 0.947. The van der Waals surface area contributed by atoms with Gasteiger partial charge in [-0.15, -0.1) is 0 Å². The van der Waals surface area contributed by atoms with Crippen molar-refractivity contribution >= 4 is 43.6 Å². The maximum Gasteiger partial charge on any atom is 0.240 e. The molecular formula is C75H53N5. The van der Waals surface area contributed by atoms with E-state index in [0.29, 0.717) is 17.7 Å². The highest BCUT2D eigenvalue weighted by Gasteiger charge is 2.37. The van der Waals surface area contributed by atoms with E-state index in [-0.39, 0.29) is 10.8 Å². The first-order valence-corrected chi connectivity index (χ1v) is 27.8. The normalized spacial score (nSPS) is 13.7. The van der Waals surface area contributed by atoms with Crippen LogP contribution < -0.4 is 0 Å². The van der Waals surface area contributed by atoms with Gasteiger partial charge in [0.2, 0.25) is 11.9 Å². The van der Waals surface area contributed by atoms with Crippen LogP contribution in [-0.4, -0.2) is 24.1 Å². The van der Waals surface area contributed by atoms with Crippen molar-refractivity contribution in [2.45, 2.75) is 38.5 Å². The van der Waals surface area contributed by atoms with Gasteiger partial charge in [-0.05, 0) is 138 Å². The van der Waals surface area contributed by atoms with Gasteiger partial charge in [0.1, 0.15) is 0 Å². The van der Waals surface area contributed by atoms with Crippen molar-refractivity contribution in [3.8, 4) is 90.0 Å². The van der Waals surface area contributed by atoms with E-state index in [1.165, 1.54) is 55.6 Å². The zero-order chi connectivity index (χ0) is 53.4. The van der Waals surface area contributed by atoms with Crippen LogP contribution in [0.25, 0.3) is 134 Å². The Labute approximate surface area is 464 Å². The van der Waals surface area contributed by atoms with Gasteiger partial charge in [-0.2, -0.15) is 15.0 Å². The molecule has 0 spiro atoms. The lowest BCUT2D eigenvalue weighted by molar-refractivity contribution is 0.660. The number of hydrogen-bond donors (Lipinski definition) is 0. The molecule has 2 aliphatic rings. The molecular weight excluding hydrogens is 971 g/mol. The maximum absolute atomic E-state index is 5.70. The van der Waals surface area contributed by atoms with Crippen molar-refractivity contribution in [3.63, 3.8) is 0 Å². The Morgan fingerprint density at radius 1 is 0.250 bits per heavy atom. The van der Waals surface area contributed by atoms with Crippen molar-refractivity contribution in [2.75, 3.05) is 0 Å². The molecule has 11 aromatic carbocycles. The van der Waals surface area contributed by atoms with Crippen molar-refractivity contribution in [1.82, 2.24) is 24.1 Å². The zero-order valence-electron chi connectivity index (χ0n) is 44.9. The van der Waals surface area contributed by atoms with E-state index >= 15 is 0 Å². The van der Waals surface area contributed by atoms with Gasteiger partial charge in [0, 0.05) is 37.9 Å². The Kier molecular flexibility index (Phi) is 9.96. The molecule has 0 saturated heterocycles. The van der Waals surface area contributed by atoms with Crippen LogP contribution in [-0.2, 0) is 10.8 Å². The van der Waals surface area contributed by atoms with E-state index in [1.807, 2.05) is 0 Å². The summed E-state index contributed by atoms with van der Waals surface area (Å²) in [5.41, 5.74) is 24.4. The van der Waals surface area contributed by atoms with Crippen LogP contribution >= 0.6 is 0 Å². The molecule has 16 rings (SSSR count). The Hall–Kier alpha value is -9.97. The molecule has 0 unspecified atom stereocenters. The summed E-state index contributed by atoms with van der Waals surface area (Å²) < 4.78 is 4.53. The standard InChI is InChI=1S/C75H53N5/c1-74(2)63-27-15-11-23-53(63)55-36-31-49(42-65(55)74)51-33-38-59-57-25-13-17-29-67(57)79(69(59)44-51)72-76-71(61-40-35-48(46-19-7-5-8-20-46)41-62(61)47-21-9-6-10-22-47)77-73(78-72)80-68-30-18-14-26-58(68)60-39-34-52(45-70(60)80)50-32-37-56-54-24-12-16-28-64(54)75(3,4)66(56)43-50/h5-45H,1-4H3. The lowest BCUT2D eigenvalue weighted by Crippen LogP contribution is -2.14. The molecule has 0 amide bonds. The van der Waals surface area contributed by atoms with Crippen LogP contribution in [0, 0.1) is 0 Å². The van der Waals surface area contributed by atoms with Crippen LogP contribution in [0.2, 0.25) is 0 Å². The molecule has 0 atom stereocenters. The van der Waals surface area contributed by atoms with E-state index in [1.54, 1.807) is 0 Å². The second kappa shape index (κ2) is 17.3. The number of fused-ring (bicyclic) bond motifs is 12. The summed E-state index contributed by atoms with van der Waals surface area (Å²) in [5, 5.41) is 4.51. The summed E-state index contributed by atoms with van der Waals surface area (Å²) in [6.07, 6.45) is 0. The maximum atomic E-state index is 5.70. The zero-order valence-corrected chi connectivity index (χ0v) is 44.9. The topological polar surface area (TPSA) is 48.5 Å². The number of hydrogen-bond acceptors (Lipinski definition) is 3. The highest BCUT2D eigenvalue weighted by Crippen LogP contribution is 2.52. The second-order valence-corrected chi connectivity index (χ2v) is 22.8. The summed E-state index contributed by atoms with van der Waals surface area (Å²) in [4.78, 5) is 17.0. The first kappa shape index (κ1) is 46.2. The molecule has 0 aliphatic heterocycles. The molecule has 0 bridgehead atoms. The largest absolute Gasteiger partial charge is 0.278 e. The van der Waals surface area contributed by atoms with Crippen LogP contribution in [0.5, 0.6) is 0 Å². The monoisotopic (exact) mass is 1020 g/mol. The Morgan fingerprint density at radius 3 is 1.14 bits per heavy atom. The van der Waals surface area contributed by atoms with Gasteiger partial charge in [-0.25, -0.2) is 0 Å². The van der Waals surface area contributed by atoms with E-state index in [4.69, 9.17) is 15.0 Å². The lowest BCUT2D eigenvalue weighted by atomic mass is 9.81. The minimum absolute atomic E-state index is 0.130. The van der Waals surface area contributed by atoms with E-state index in [0.717, 1.165) is 82.6 Å². The second-order valence-electron chi connectivity index (χ2n) is 22.8. The number of rotatable bonds is 7. The fraction of sp³-hybridized carbons (Fsp3) is 0.0800.